The highest BCUT2D eigenvalue weighted by Crippen LogP contribution is 1.92. The van der Waals surface area contributed by atoms with E-state index in [-0.39, 0.29) is 18.6 Å². The number of nitrogens with two attached hydrogens (primary N) is 1. The molecule has 0 amide bonds. The monoisotopic (exact) mass is 174 g/mol. The summed E-state index contributed by atoms with van der Waals surface area (Å²) < 4.78 is 14.7. The van der Waals surface area contributed by atoms with Crippen LogP contribution in [0.15, 0.2) is 0 Å². The fraction of sp³-hybridized carbons (Fsp3) is 0.667. The van der Waals surface area contributed by atoms with E-state index in [1.807, 2.05) is 0 Å². The van der Waals surface area contributed by atoms with Gasteiger partial charge in [-0.05, 0) is 12.8 Å². The van der Waals surface area contributed by atoms with Crippen LogP contribution in [0.2, 0.25) is 0 Å². The molecule has 0 heterocycles. The first-order valence-electron chi connectivity index (χ1n) is 4.56. The standard InChI is InChI=1S/C6H14BN3O2/c7-6(9)10-3-1-2-4(8)5(11)12/h4H,1-3,7-8H2,(H2,9,10)(H,11,12)/t4-/m0/s1/i3+1D2. The predicted molar refractivity (Wildman–Crippen MR) is 49.1 cm³/mol. The Kier molecular flexibility index (Phi) is 3.55. The Labute approximate surface area is 75.1 Å². The van der Waals surface area contributed by atoms with Crippen molar-refractivity contribution >= 4 is 19.6 Å². The summed E-state index contributed by atoms with van der Waals surface area (Å²) >= 11 is 0. The van der Waals surface area contributed by atoms with Gasteiger partial charge in [-0.1, -0.05) is 0 Å². The number of amidine groups is 1. The molecule has 0 aliphatic heterocycles. The van der Waals surface area contributed by atoms with Gasteiger partial charge in [-0.25, -0.2) is 0 Å². The van der Waals surface area contributed by atoms with Crippen molar-refractivity contribution in [3.05, 3.63) is 0 Å². The van der Waals surface area contributed by atoms with E-state index in [2.05, 4.69) is 5.32 Å². The highest BCUT2D eigenvalue weighted by Gasteiger charge is 2.09. The van der Waals surface area contributed by atoms with Crippen LogP contribution >= 0.6 is 0 Å². The average Bonchev–Trinajstić information content (AvgIpc) is 1.97. The summed E-state index contributed by atoms with van der Waals surface area (Å²) in [6, 6.07) is -1.06. The van der Waals surface area contributed by atoms with Crippen molar-refractivity contribution in [2.75, 3.05) is 6.50 Å². The minimum Gasteiger partial charge on any atom is -0.480 e. The van der Waals surface area contributed by atoms with Gasteiger partial charge in [-0.2, -0.15) is 0 Å². The van der Waals surface area contributed by atoms with Gasteiger partial charge < -0.3 is 16.2 Å². The molecule has 0 saturated carbocycles. The number of hydrogen-bond donors (Lipinski definition) is 4. The van der Waals surface area contributed by atoms with Crippen LogP contribution in [0, 0.1) is 5.41 Å². The molecule has 12 heavy (non-hydrogen) atoms. The summed E-state index contributed by atoms with van der Waals surface area (Å²) in [5, 5.41) is 17.8. The number of aliphatic carboxylic acids is 1. The number of carboxylic acid groups (broad SMARTS) is 1. The van der Waals surface area contributed by atoms with Gasteiger partial charge >= 0.3 is 5.97 Å². The van der Waals surface area contributed by atoms with E-state index in [0.29, 0.717) is 0 Å². The maximum Gasteiger partial charge on any atom is 0.320 e. The zero-order chi connectivity index (χ0) is 11.4. The first-order chi connectivity index (χ1) is 6.24. The van der Waals surface area contributed by atoms with Crippen LogP contribution < -0.4 is 11.1 Å². The van der Waals surface area contributed by atoms with Crippen molar-refractivity contribution in [1.82, 2.24) is 5.32 Å². The summed E-state index contributed by atoms with van der Waals surface area (Å²) in [7, 11) is 1.41. The van der Waals surface area contributed by atoms with Gasteiger partial charge in [0.1, 0.15) is 6.04 Å². The molecule has 1 atom stereocenters. The highest BCUT2D eigenvalue weighted by molar-refractivity contribution is 6.57. The Hall–Kier alpha value is -1.04. The zero-order valence-electron chi connectivity index (χ0n) is 8.92. The third-order valence-corrected chi connectivity index (χ3v) is 1.17. The molecule has 0 radical (unpaired) electrons. The normalized spacial score (nSPS) is 15.8. The minimum atomic E-state index is -1.78. The zero-order valence-corrected chi connectivity index (χ0v) is 6.92. The van der Waals surface area contributed by atoms with E-state index >= 15 is 0 Å². The molecule has 0 rings (SSSR count). The van der Waals surface area contributed by atoms with Gasteiger partial charge in [0, 0.05) is 15.0 Å². The van der Waals surface area contributed by atoms with Gasteiger partial charge in [-0.15, -0.1) is 0 Å². The fourth-order valence-electron chi connectivity index (χ4n) is 0.546. The van der Waals surface area contributed by atoms with Crippen LogP contribution in [0.5, 0.6) is 0 Å². The lowest BCUT2D eigenvalue weighted by Crippen LogP contribution is -2.31. The number of carboxylic acids is 1. The quantitative estimate of drug-likeness (QED) is 0.173. The molecule has 0 unspecified atom stereocenters. The van der Waals surface area contributed by atoms with Crippen LogP contribution in [0.25, 0.3) is 0 Å². The van der Waals surface area contributed by atoms with Gasteiger partial charge in [0.25, 0.3) is 0 Å². The van der Waals surface area contributed by atoms with Crippen molar-refractivity contribution in [3.63, 3.8) is 0 Å². The SMILES string of the molecule is [2H][13C]([2H])(CC[C@H](N)C(=O)O)NC(B)=N. The van der Waals surface area contributed by atoms with Gasteiger partial charge in [0.05, 0.1) is 0 Å². The maximum atomic E-state index is 10.3. The van der Waals surface area contributed by atoms with Crippen molar-refractivity contribution < 1.29 is 12.6 Å². The van der Waals surface area contributed by atoms with Crippen molar-refractivity contribution in [2.45, 2.75) is 18.9 Å². The average molecular weight is 174 g/mol. The second-order valence-corrected chi connectivity index (χ2v) is 2.41. The molecule has 0 saturated heterocycles. The van der Waals surface area contributed by atoms with Crippen molar-refractivity contribution in [1.29, 1.82) is 5.41 Å². The molecule has 0 aliphatic carbocycles. The minimum absolute atomic E-state index is 0.00102. The molecule has 0 aromatic heterocycles. The number of carbonyl (C=O) groups is 1. The molecule has 0 aromatic carbocycles. The Morgan fingerprint density at radius 2 is 2.50 bits per heavy atom. The summed E-state index contributed by atoms with van der Waals surface area (Å²) in [6.45, 7) is -1.78. The first kappa shape index (κ1) is 7.61. The largest absolute Gasteiger partial charge is 0.480 e. The second-order valence-electron chi connectivity index (χ2n) is 2.41. The lowest BCUT2D eigenvalue weighted by molar-refractivity contribution is -0.138. The lowest BCUT2D eigenvalue weighted by atomic mass is 10.1. The van der Waals surface area contributed by atoms with E-state index < -0.39 is 18.5 Å². The fourth-order valence-corrected chi connectivity index (χ4v) is 0.546. The van der Waals surface area contributed by atoms with Crippen LogP contribution in [-0.4, -0.2) is 37.2 Å². The van der Waals surface area contributed by atoms with E-state index in [1.54, 1.807) is 0 Å². The predicted octanol–water partition coefficient (Wildman–Crippen LogP) is -1.66. The van der Waals surface area contributed by atoms with Gasteiger partial charge in [0.2, 0.25) is 0 Å². The first-order valence-corrected chi connectivity index (χ1v) is 3.56. The summed E-state index contributed by atoms with van der Waals surface area (Å²) in [5.41, 5.74) is 5.21. The third kappa shape index (κ3) is 5.73. The Balaban J connectivity index is 3.98. The molecule has 0 aromatic rings. The molecule has 5 nitrogen and oxygen atoms in total. The summed E-state index contributed by atoms with van der Waals surface area (Å²) in [5.74, 6) is -1.15. The molecule has 68 valence electrons. The third-order valence-electron chi connectivity index (χ3n) is 1.17. The molecule has 0 aliphatic rings. The van der Waals surface area contributed by atoms with Crippen LogP contribution in [-0.2, 0) is 4.79 Å². The smallest absolute Gasteiger partial charge is 0.320 e. The van der Waals surface area contributed by atoms with Crippen LogP contribution in [0.1, 0.15) is 15.6 Å². The van der Waals surface area contributed by atoms with E-state index in [9.17, 15) is 4.79 Å². The Morgan fingerprint density at radius 1 is 1.92 bits per heavy atom. The Morgan fingerprint density at radius 3 is 2.92 bits per heavy atom. The van der Waals surface area contributed by atoms with Crippen molar-refractivity contribution in [3.8, 4) is 0 Å². The van der Waals surface area contributed by atoms with Gasteiger partial charge in [0.15, 0.2) is 7.85 Å². The van der Waals surface area contributed by atoms with E-state index in [0.717, 1.165) is 0 Å². The van der Waals surface area contributed by atoms with E-state index in [1.165, 1.54) is 7.85 Å². The van der Waals surface area contributed by atoms with Crippen LogP contribution in [0.3, 0.4) is 0 Å². The summed E-state index contributed by atoms with van der Waals surface area (Å²) in [6.07, 6.45) is -0.0146. The highest BCUT2D eigenvalue weighted by atomic mass is 16.4. The molecular weight excluding hydrogens is 158 g/mol. The topological polar surface area (TPSA) is 99.2 Å². The lowest BCUT2D eigenvalue weighted by Gasteiger charge is -2.06. The molecule has 5 N–H and O–H groups in total. The molecule has 0 spiro atoms. The van der Waals surface area contributed by atoms with E-state index in [4.69, 9.17) is 19.0 Å². The van der Waals surface area contributed by atoms with Crippen LogP contribution in [0.4, 0.5) is 0 Å². The molecular formula is C6H14BN3O2. The molecule has 0 fully saturated rings. The molecule has 6 heteroatoms. The number of rotatable bonds is 5. The second kappa shape index (κ2) is 5.59. The maximum absolute atomic E-state index is 10.3. The number of nitrogens with one attached hydrogen (secondary N) is 2. The summed E-state index contributed by atoms with van der Waals surface area (Å²) in [4.78, 5) is 10.3. The number of hydrogen-bond acceptors (Lipinski definition) is 3. The molecule has 0 bridgehead atoms. The van der Waals surface area contributed by atoms with Crippen molar-refractivity contribution in [2.24, 2.45) is 5.73 Å². The Bertz CT molecular complexity index is 237. The van der Waals surface area contributed by atoms with Gasteiger partial charge in [-0.3, -0.25) is 10.2 Å².